The molecule has 1 saturated heterocycles. The Kier molecular flexibility index (Phi) is 10.5. The van der Waals surface area contributed by atoms with Crippen LogP contribution in [0.4, 0.5) is 0 Å². The Balaban J connectivity index is 1.68. The number of hydrogen-bond donors (Lipinski definition) is 2. The van der Waals surface area contributed by atoms with Gasteiger partial charge in [-0.15, -0.1) is 0 Å². The van der Waals surface area contributed by atoms with E-state index in [2.05, 4.69) is 5.32 Å². The normalized spacial score (nSPS) is 14.8. The van der Waals surface area contributed by atoms with E-state index in [1.54, 1.807) is 43.2 Å². The van der Waals surface area contributed by atoms with Gasteiger partial charge in [-0.25, -0.2) is 8.42 Å². The van der Waals surface area contributed by atoms with Gasteiger partial charge in [-0.1, -0.05) is 24.3 Å². The lowest BCUT2D eigenvalue weighted by molar-refractivity contribution is -0.140. The van der Waals surface area contributed by atoms with E-state index in [4.69, 9.17) is 9.84 Å². The fourth-order valence-electron chi connectivity index (χ4n) is 4.25. The van der Waals surface area contributed by atoms with Crippen LogP contribution in [0.1, 0.15) is 43.7 Å². The topological polar surface area (TPSA) is 116 Å². The smallest absolute Gasteiger partial charge is 0.243 e. The van der Waals surface area contributed by atoms with Crippen molar-refractivity contribution in [3.63, 3.8) is 0 Å². The first-order valence-electron chi connectivity index (χ1n) is 12.7. The number of sulfonamides is 1. The second-order valence-corrected chi connectivity index (χ2v) is 11.1. The summed E-state index contributed by atoms with van der Waals surface area (Å²) in [4.78, 5) is 27.8. The summed E-state index contributed by atoms with van der Waals surface area (Å²) in [6.45, 7) is 3.35. The van der Waals surface area contributed by atoms with E-state index in [9.17, 15) is 18.0 Å². The molecule has 2 aromatic carbocycles. The molecule has 0 spiro atoms. The second-order valence-electron chi connectivity index (χ2n) is 9.17. The van der Waals surface area contributed by atoms with Gasteiger partial charge < -0.3 is 20.1 Å². The quantitative estimate of drug-likeness (QED) is 0.383. The summed E-state index contributed by atoms with van der Waals surface area (Å²) in [5.41, 5.74) is 1.71. The Morgan fingerprint density at radius 1 is 1.05 bits per heavy atom. The zero-order valence-corrected chi connectivity index (χ0v) is 22.4. The Labute approximate surface area is 219 Å². The molecule has 0 aromatic heterocycles. The van der Waals surface area contributed by atoms with E-state index in [0.717, 1.165) is 24.0 Å². The predicted octanol–water partition coefficient (Wildman–Crippen LogP) is 2.33. The number of methoxy groups -OCH3 is 1. The highest BCUT2D eigenvalue weighted by atomic mass is 32.2. The number of ether oxygens (including phenoxy) is 1. The van der Waals surface area contributed by atoms with Crippen molar-refractivity contribution < 1.29 is 27.9 Å². The highest BCUT2D eigenvalue weighted by molar-refractivity contribution is 7.89. The molecule has 1 atom stereocenters. The molecule has 10 heteroatoms. The largest absolute Gasteiger partial charge is 0.497 e. The van der Waals surface area contributed by atoms with Crippen molar-refractivity contribution in [3.05, 3.63) is 59.7 Å². The van der Waals surface area contributed by atoms with Crippen molar-refractivity contribution in [2.24, 2.45) is 0 Å². The van der Waals surface area contributed by atoms with Crippen LogP contribution in [0.3, 0.4) is 0 Å². The molecule has 1 unspecified atom stereocenters. The van der Waals surface area contributed by atoms with Gasteiger partial charge in [0.25, 0.3) is 0 Å². The first-order valence-corrected chi connectivity index (χ1v) is 14.1. The van der Waals surface area contributed by atoms with Gasteiger partial charge in [0.15, 0.2) is 0 Å². The number of aryl methyl sites for hydroxylation is 1. The minimum absolute atomic E-state index is 0.0265. The molecule has 1 fully saturated rings. The molecule has 3 rings (SSSR count). The van der Waals surface area contributed by atoms with Crippen LogP contribution in [0.15, 0.2) is 53.4 Å². The summed E-state index contributed by atoms with van der Waals surface area (Å²) in [5, 5.41) is 11.8. The molecular weight excluding hydrogens is 494 g/mol. The van der Waals surface area contributed by atoms with Gasteiger partial charge in [0.05, 0.1) is 12.0 Å². The number of amides is 2. The summed E-state index contributed by atoms with van der Waals surface area (Å²) in [6, 6.07) is 13.3. The number of nitrogens with zero attached hydrogens (tertiary/aromatic N) is 2. The lowest BCUT2D eigenvalue weighted by atomic mass is 10.1. The molecule has 1 aliphatic heterocycles. The first kappa shape index (κ1) is 28.6. The second kappa shape index (κ2) is 13.6. The maximum atomic E-state index is 13.3. The van der Waals surface area contributed by atoms with E-state index in [-0.39, 0.29) is 36.3 Å². The van der Waals surface area contributed by atoms with Crippen LogP contribution < -0.4 is 10.1 Å². The van der Waals surface area contributed by atoms with Gasteiger partial charge >= 0.3 is 0 Å². The third kappa shape index (κ3) is 7.77. The van der Waals surface area contributed by atoms with Gasteiger partial charge in [0, 0.05) is 39.2 Å². The van der Waals surface area contributed by atoms with Crippen molar-refractivity contribution in [3.8, 4) is 5.75 Å². The Bertz CT molecular complexity index is 1130. The molecule has 0 radical (unpaired) electrons. The molecule has 0 aliphatic carbocycles. The van der Waals surface area contributed by atoms with Crippen molar-refractivity contribution >= 4 is 21.8 Å². The monoisotopic (exact) mass is 531 g/mol. The summed E-state index contributed by atoms with van der Waals surface area (Å²) in [5.74, 6) is 0.229. The predicted molar refractivity (Wildman–Crippen MR) is 140 cm³/mol. The van der Waals surface area contributed by atoms with Crippen LogP contribution in [-0.4, -0.2) is 73.9 Å². The van der Waals surface area contributed by atoms with Crippen LogP contribution >= 0.6 is 0 Å². The van der Waals surface area contributed by atoms with Gasteiger partial charge in [0.2, 0.25) is 21.8 Å². The fraction of sp³-hybridized carbons (Fsp3) is 0.481. The summed E-state index contributed by atoms with van der Waals surface area (Å²) >= 11 is 0. The number of hydrogen-bond acceptors (Lipinski definition) is 6. The maximum absolute atomic E-state index is 13.3. The molecule has 1 heterocycles. The summed E-state index contributed by atoms with van der Waals surface area (Å²) < 4.78 is 32.2. The van der Waals surface area contributed by atoms with Crippen LogP contribution in [0.2, 0.25) is 0 Å². The number of nitrogens with one attached hydrogen (secondary N) is 1. The van der Waals surface area contributed by atoms with Crippen molar-refractivity contribution in [2.75, 3.05) is 33.4 Å². The minimum Gasteiger partial charge on any atom is -0.497 e. The van der Waals surface area contributed by atoms with Crippen molar-refractivity contribution in [1.82, 2.24) is 14.5 Å². The zero-order valence-electron chi connectivity index (χ0n) is 21.6. The van der Waals surface area contributed by atoms with Crippen molar-refractivity contribution in [1.29, 1.82) is 0 Å². The van der Waals surface area contributed by atoms with Crippen LogP contribution in [0, 0.1) is 0 Å². The van der Waals surface area contributed by atoms with Gasteiger partial charge in [-0.3, -0.25) is 9.59 Å². The third-order valence-electron chi connectivity index (χ3n) is 6.57. The molecule has 1 aliphatic rings. The molecule has 2 amide bonds. The Morgan fingerprint density at radius 2 is 1.68 bits per heavy atom. The van der Waals surface area contributed by atoms with Crippen LogP contribution in [0.5, 0.6) is 5.75 Å². The summed E-state index contributed by atoms with van der Waals surface area (Å²) in [7, 11) is -1.90. The Hall–Kier alpha value is -2.95. The standard InChI is InChI=1S/C27H37N3O6S/c1-21(27(33)28-16-5-19-31)30(20-23-6-11-24(36-2)12-7-23)26(32)15-10-22-8-13-25(14-9-22)37(34,35)29-17-3-4-18-29/h6-9,11-14,21,31H,3-5,10,15-20H2,1-2H3,(H,28,33). The highest BCUT2D eigenvalue weighted by Gasteiger charge is 2.28. The number of benzene rings is 2. The third-order valence-corrected chi connectivity index (χ3v) is 8.48. The molecule has 2 aromatic rings. The number of carbonyl (C=O) groups excluding carboxylic acids is 2. The average molecular weight is 532 g/mol. The number of carbonyl (C=O) groups is 2. The van der Waals surface area contributed by atoms with Crippen LogP contribution in [0.25, 0.3) is 0 Å². The average Bonchev–Trinajstić information content (AvgIpc) is 3.47. The lowest BCUT2D eigenvalue weighted by Crippen LogP contribution is -2.48. The molecular formula is C27H37N3O6S. The number of aliphatic hydroxyl groups is 1. The van der Waals surface area contributed by atoms with E-state index < -0.39 is 16.1 Å². The highest BCUT2D eigenvalue weighted by Crippen LogP contribution is 2.22. The lowest BCUT2D eigenvalue weighted by Gasteiger charge is -2.29. The molecule has 0 bridgehead atoms. The number of rotatable bonds is 13. The van der Waals surface area contributed by atoms with Crippen LogP contribution in [-0.2, 0) is 32.6 Å². The van der Waals surface area contributed by atoms with E-state index in [1.165, 1.54) is 4.31 Å². The van der Waals surface area contributed by atoms with E-state index in [0.29, 0.717) is 38.2 Å². The summed E-state index contributed by atoms with van der Waals surface area (Å²) in [6.07, 6.45) is 2.78. The van der Waals surface area contributed by atoms with E-state index in [1.807, 2.05) is 24.3 Å². The molecule has 2 N–H and O–H groups in total. The SMILES string of the molecule is COc1ccc(CN(C(=O)CCc2ccc(S(=O)(=O)N3CCCC3)cc2)C(C)C(=O)NCCCO)cc1. The Morgan fingerprint density at radius 3 is 2.27 bits per heavy atom. The van der Waals surface area contributed by atoms with Gasteiger partial charge in [-0.2, -0.15) is 4.31 Å². The van der Waals surface area contributed by atoms with E-state index >= 15 is 0 Å². The first-order chi connectivity index (χ1) is 17.8. The van der Waals surface area contributed by atoms with Crippen molar-refractivity contribution in [2.45, 2.75) is 56.5 Å². The van der Waals surface area contributed by atoms with Gasteiger partial charge in [-0.05, 0) is 68.0 Å². The fourth-order valence-corrected chi connectivity index (χ4v) is 5.77. The minimum atomic E-state index is -3.48. The molecule has 9 nitrogen and oxygen atoms in total. The maximum Gasteiger partial charge on any atom is 0.243 e. The molecule has 202 valence electrons. The molecule has 0 saturated carbocycles. The molecule has 37 heavy (non-hydrogen) atoms. The zero-order chi connectivity index (χ0) is 26.8. The van der Waals surface area contributed by atoms with Gasteiger partial charge in [0.1, 0.15) is 11.8 Å². The number of aliphatic hydroxyl groups excluding tert-OH is 1.